The molecule has 0 heterocycles. The number of hydrogen-bond donors (Lipinski definition) is 0. The SMILES string of the molecule is C=CCN(C(=O)CC(=O)OC)C(/C(=C\C)C(=O)OC(C)(C)C)C(C)C. The van der Waals surface area contributed by atoms with Crippen molar-refractivity contribution in [3.63, 3.8) is 0 Å². The lowest BCUT2D eigenvalue weighted by atomic mass is 9.93. The van der Waals surface area contributed by atoms with E-state index < -0.39 is 35.9 Å². The van der Waals surface area contributed by atoms with E-state index in [0.29, 0.717) is 5.57 Å². The topological polar surface area (TPSA) is 72.9 Å². The van der Waals surface area contributed by atoms with Crippen LogP contribution >= 0.6 is 0 Å². The van der Waals surface area contributed by atoms with E-state index in [0.717, 1.165) is 0 Å². The second-order valence-electron chi connectivity index (χ2n) is 7.02. The fourth-order valence-electron chi connectivity index (χ4n) is 2.44. The van der Waals surface area contributed by atoms with E-state index in [2.05, 4.69) is 11.3 Å². The summed E-state index contributed by atoms with van der Waals surface area (Å²) in [4.78, 5) is 38.1. The highest BCUT2D eigenvalue weighted by molar-refractivity contribution is 5.96. The van der Waals surface area contributed by atoms with E-state index in [-0.39, 0.29) is 12.5 Å². The molecule has 0 bridgehead atoms. The van der Waals surface area contributed by atoms with Gasteiger partial charge in [-0.2, -0.15) is 0 Å². The van der Waals surface area contributed by atoms with Crippen LogP contribution in [0.4, 0.5) is 0 Å². The zero-order valence-corrected chi connectivity index (χ0v) is 16.4. The van der Waals surface area contributed by atoms with E-state index in [1.165, 1.54) is 12.0 Å². The Kier molecular flexibility index (Phi) is 9.17. The third kappa shape index (κ3) is 7.54. The molecular formula is C19H31NO5. The van der Waals surface area contributed by atoms with Crippen LogP contribution in [0, 0.1) is 5.92 Å². The van der Waals surface area contributed by atoms with Crippen molar-refractivity contribution in [2.45, 2.75) is 59.6 Å². The van der Waals surface area contributed by atoms with E-state index in [1.807, 2.05) is 13.8 Å². The molecular weight excluding hydrogens is 322 g/mol. The van der Waals surface area contributed by atoms with Gasteiger partial charge in [0, 0.05) is 6.54 Å². The van der Waals surface area contributed by atoms with E-state index in [1.54, 1.807) is 39.8 Å². The van der Waals surface area contributed by atoms with Crippen LogP contribution in [0.2, 0.25) is 0 Å². The Labute approximate surface area is 150 Å². The van der Waals surface area contributed by atoms with Gasteiger partial charge < -0.3 is 14.4 Å². The normalized spacial score (nSPS) is 13.2. The zero-order valence-electron chi connectivity index (χ0n) is 16.4. The predicted molar refractivity (Wildman–Crippen MR) is 96.8 cm³/mol. The first kappa shape index (κ1) is 22.9. The Morgan fingerprint density at radius 3 is 2.12 bits per heavy atom. The van der Waals surface area contributed by atoms with Gasteiger partial charge in [-0.3, -0.25) is 9.59 Å². The zero-order chi connectivity index (χ0) is 19.8. The van der Waals surface area contributed by atoms with Gasteiger partial charge in [0.15, 0.2) is 0 Å². The monoisotopic (exact) mass is 353 g/mol. The van der Waals surface area contributed by atoms with Crippen molar-refractivity contribution in [1.82, 2.24) is 4.90 Å². The minimum Gasteiger partial charge on any atom is -0.469 e. The maximum absolute atomic E-state index is 12.6. The number of methoxy groups -OCH3 is 1. The van der Waals surface area contributed by atoms with Crippen molar-refractivity contribution in [3.8, 4) is 0 Å². The summed E-state index contributed by atoms with van der Waals surface area (Å²) in [6, 6.07) is -0.532. The fraction of sp³-hybridized carbons (Fsp3) is 0.632. The van der Waals surface area contributed by atoms with Gasteiger partial charge in [-0.1, -0.05) is 26.0 Å². The average Bonchev–Trinajstić information content (AvgIpc) is 2.48. The van der Waals surface area contributed by atoms with Crippen LogP contribution in [0.15, 0.2) is 24.3 Å². The Balaban J connectivity index is 5.75. The highest BCUT2D eigenvalue weighted by atomic mass is 16.6. The van der Waals surface area contributed by atoms with Gasteiger partial charge in [0.1, 0.15) is 12.0 Å². The lowest BCUT2D eigenvalue weighted by Crippen LogP contribution is -2.47. The molecule has 0 aliphatic carbocycles. The average molecular weight is 353 g/mol. The minimum absolute atomic E-state index is 0.0692. The molecule has 0 fully saturated rings. The van der Waals surface area contributed by atoms with E-state index in [4.69, 9.17) is 4.74 Å². The largest absolute Gasteiger partial charge is 0.469 e. The van der Waals surface area contributed by atoms with Gasteiger partial charge in [0.05, 0.1) is 18.7 Å². The van der Waals surface area contributed by atoms with E-state index in [9.17, 15) is 14.4 Å². The molecule has 0 aliphatic rings. The number of nitrogens with zero attached hydrogens (tertiary/aromatic N) is 1. The summed E-state index contributed by atoms with van der Waals surface area (Å²) in [6.07, 6.45) is 2.83. The Hall–Kier alpha value is -2.11. The highest BCUT2D eigenvalue weighted by Gasteiger charge is 2.34. The predicted octanol–water partition coefficient (Wildman–Crippen LogP) is 2.88. The standard InChI is InChI=1S/C19H31NO5/c1-9-11-20(15(21)12-16(22)24-8)17(13(3)4)14(10-2)18(23)25-19(5,6)7/h9-10,13,17H,1,11-12H2,2-8H3/b14-10+. The van der Waals surface area contributed by atoms with Crippen molar-refractivity contribution < 1.29 is 23.9 Å². The summed E-state index contributed by atoms with van der Waals surface area (Å²) in [7, 11) is 1.23. The van der Waals surface area contributed by atoms with Crippen LogP contribution in [0.1, 0.15) is 48.0 Å². The number of carbonyl (C=O) groups is 3. The lowest BCUT2D eigenvalue weighted by Gasteiger charge is -2.35. The van der Waals surface area contributed by atoms with Crippen molar-refractivity contribution in [3.05, 3.63) is 24.3 Å². The molecule has 6 heteroatoms. The van der Waals surface area contributed by atoms with Gasteiger partial charge in [-0.05, 0) is 33.6 Å². The molecule has 25 heavy (non-hydrogen) atoms. The van der Waals surface area contributed by atoms with Crippen molar-refractivity contribution in [2.24, 2.45) is 5.92 Å². The Morgan fingerprint density at radius 1 is 1.20 bits per heavy atom. The van der Waals surface area contributed by atoms with Crippen molar-refractivity contribution in [2.75, 3.05) is 13.7 Å². The maximum Gasteiger partial charge on any atom is 0.336 e. The molecule has 6 nitrogen and oxygen atoms in total. The molecule has 0 N–H and O–H groups in total. The molecule has 0 spiro atoms. The molecule has 0 saturated heterocycles. The third-order valence-corrected chi connectivity index (χ3v) is 3.40. The van der Waals surface area contributed by atoms with Crippen molar-refractivity contribution in [1.29, 1.82) is 0 Å². The molecule has 0 saturated carbocycles. The molecule has 0 aromatic carbocycles. The Bertz CT molecular complexity index is 528. The van der Waals surface area contributed by atoms with E-state index >= 15 is 0 Å². The number of hydrogen-bond acceptors (Lipinski definition) is 5. The second-order valence-corrected chi connectivity index (χ2v) is 7.02. The molecule has 0 aromatic heterocycles. The van der Waals surface area contributed by atoms with Gasteiger partial charge >= 0.3 is 11.9 Å². The minimum atomic E-state index is -0.647. The number of amides is 1. The molecule has 142 valence electrons. The van der Waals surface area contributed by atoms with Gasteiger partial charge in [0.2, 0.25) is 5.91 Å². The quantitative estimate of drug-likeness (QED) is 0.290. The summed E-state index contributed by atoms with van der Waals surface area (Å²) in [5.74, 6) is -1.59. The highest BCUT2D eigenvalue weighted by Crippen LogP contribution is 2.24. The van der Waals surface area contributed by atoms with Crippen molar-refractivity contribution >= 4 is 17.8 Å². The second kappa shape index (κ2) is 10.0. The molecule has 0 aromatic rings. The number of esters is 2. The number of carbonyl (C=O) groups excluding carboxylic acids is 3. The summed E-state index contributed by atoms with van der Waals surface area (Å²) in [6.45, 7) is 14.8. The van der Waals surface area contributed by atoms with Crippen LogP contribution < -0.4 is 0 Å². The number of rotatable bonds is 8. The van der Waals surface area contributed by atoms with Crippen LogP contribution in [0.5, 0.6) is 0 Å². The van der Waals surface area contributed by atoms with Crippen LogP contribution in [0.3, 0.4) is 0 Å². The Morgan fingerprint density at radius 2 is 1.76 bits per heavy atom. The molecule has 1 atom stereocenters. The van der Waals surface area contributed by atoms with Crippen LogP contribution in [-0.2, 0) is 23.9 Å². The maximum atomic E-state index is 12.6. The molecule has 0 radical (unpaired) electrons. The number of allylic oxidation sites excluding steroid dienone is 1. The lowest BCUT2D eigenvalue weighted by molar-refractivity contribution is -0.151. The first-order chi connectivity index (χ1) is 11.5. The molecule has 0 rings (SSSR count). The van der Waals surface area contributed by atoms with Gasteiger partial charge in [-0.15, -0.1) is 6.58 Å². The first-order valence-electron chi connectivity index (χ1n) is 8.35. The molecule has 0 aliphatic heterocycles. The van der Waals surface area contributed by atoms with Crippen LogP contribution in [-0.4, -0.2) is 48.0 Å². The van der Waals surface area contributed by atoms with Crippen LogP contribution in [0.25, 0.3) is 0 Å². The first-order valence-corrected chi connectivity index (χ1v) is 8.35. The summed E-state index contributed by atoms with van der Waals surface area (Å²) in [5.41, 5.74) is -0.267. The fourth-order valence-corrected chi connectivity index (χ4v) is 2.44. The molecule has 1 amide bonds. The van der Waals surface area contributed by atoms with Gasteiger partial charge in [-0.25, -0.2) is 4.79 Å². The summed E-state index contributed by atoms with van der Waals surface area (Å²) in [5, 5.41) is 0. The number of ether oxygens (including phenoxy) is 2. The smallest absolute Gasteiger partial charge is 0.336 e. The third-order valence-electron chi connectivity index (χ3n) is 3.40. The molecule has 1 unspecified atom stereocenters. The van der Waals surface area contributed by atoms with Gasteiger partial charge in [0.25, 0.3) is 0 Å². The summed E-state index contributed by atoms with van der Waals surface area (Å²) >= 11 is 0. The summed E-state index contributed by atoms with van der Waals surface area (Å²) < 4.78 is 10.0.